The first-order chi connectivity index (χ1) is 8.61. The third kappa shape index (κ3) is 2.68. The number of hydrogen-bond acceptors (Lipinski definition) is 2. The van der Waals surface area contributed by atoms with Crippen molar-refractivity contribution >= 4 is 17.5 Å². The average molecular weight is 268 g/mol. The van der Waals surface area contributed by atoms with Crippen LogP contribution in [0.2, 0.25) is 5.02 Å². The number of amides is 1. The van der Waals surface area contributed by atoms with E-state index in [1.807, 2.05) is 6.07 Å². The molecule has 1 heterocycles. The van der Waals surface area contributed by atoms with Gasteiger partial charge in [-0.2, -0.15) is 0 Å². The smallest absolute Gasteiger partial charge is 0.255 e. The minimum atomic E-state index is -0.503. The van der Waals surface area contributed by atoms with Crippen molar-refractivity contribution in [3.05, 3.63) is 34.9 Å². The Morgan fingerprint density at radius 2 is 2.17 bits per heavy atom. The lowest BCUT2D eigenvalue weighted by atomic mass is 9.97. The lowest BCUT2D eigenvalue weighted by Gasteiger charge is -2.37. The Morgan fingerprint density at radius 3 is 2.83 bits per heavy atom. The second-order valence-corrected chi connectivity index (χ2v) is 5.19. The third-order valence-corrected chi connectivity index (χ3v) is 3.80. The molecule has 98 valence electrons. The molecule has 1 fully saturated rings. The fourth-order valence-electron chi connectivity index (χ4n) is 2.50. The van der Waals surface area contributed by atoms with Gasteiger partial charge in [0.1, 0.15) is 0 Å². The molecule has 2 atom stereocenters. The highest BCUT2D eigenvalue weighted by atomic mass is 35.5. The molecule has 3 nitrogen and oxygen atoms in total. The number of carbonyl (C=O) groups excluding carboxylic acids is 1. The highest BCUT2D eigenvalue weighted by Crippen LogP contribution is 2.24. The van der Waals surface area contributed by atoms with Crippen molar-refractivity contribution in [1.29, 1.82) is 0 Å². The van der Waals surface area contributed by atoms with Crippen LogP contribution in [0, 0.1) is 0 Å². The Balaban J connectivity index is 2.24. The largest absolute Gasteiger partial charge is 0.391 e. The van der Waals surface area contributed by atoms with E-state index >= 15 is 0 Å². The summed E-state index contributed by atoms with van der Waals surface area (Å²) in [5.74, 6) is -0.0776. The van der Waals surface area contributed by atoms with Crippen molar-refractivity contribution in [1.82, 2.24) is 4.90 Å². The molecule has 0 radical (unpaired) electrons. The normalized spacial score (nSPS) is 21.7. The van der Waals surface area contributed by atoms with Crippen LogP contribution in [0.15, 0.2) is 24.3 Å². The highest BCUT2D eigenvalue weighted by molar-refractivity contribution is 6.33. The molecule has 1 amide bonds. The maximum Gasteiger partial charge on any atom is 0.255 e. The Bertz CT molecular complexity index is 434. The molecule has 1 saturated heterocycles. The molecular weight excluding hydrogens is 250 g/mol. The second kappa shape index (κ2) is 5.72. The van der Waals surface area contributed by atoms with Crippen molar-refractivity contribution in [3.8, 4) is 0 Å². The van der Waals surface area contributed by atoms with Crippen LogP contribution in [0.1, 0.15) is 36.5 Å². The molecule has 2 rings (SSSR count). The Kier molecular flexibility index (Phi) is 4.25. The van der Waals surface area contributed by atoms with Crippen molar-refractivity contribution in [3.63, 3.8) is 0 Å². The van der Waals surface area contributed by atoms with Gasteiger partial charge in [0.15, 0.2) is 0 Å². The topological polar surface area (TPSA) is 40.5 Å². The number of hydrogen-bond donors (Lipinski definition) is 1. The number of likely N-dealkylation sites (tertiary alicyclic amines) is 1. The fraction of sp³-hybridized carbons (Fsp3) is 0.500. The molecule has 0 unspecified atom stereocenters. The number of piperidine rings is 1. The number of aliphatic hydroxyl groups excluding tert-OH is 1. The van der Waals surface area contributed by atoms with Crippen LogP contribution in [-0.4, -0.2) is 34.6 Å². The molecule has 1 aliphatic rings. The standard InChI is InChI=1S/C14H18ClNO2/c1-10(17)13-8-4-5-9-16(13)14(18)11-6-2-3-7-12(11)15/h2-3,6-7,10,13,17H,4-5,8-9H2,1H3/t10-,13+/m1/s1. The van der Waals surface area contributed by atoms with E-state index in [-0.39, 0.29) is 11.9 Å². The molecule has 0 spiro atoms. The van der Waals surface area contributed by atoms with Gasteiger partial charge < -0.3 is 10.0 Å². The summed E-state index contributed by atoms with van der Waals surface area (Å²) in [6, 6.07) is 6.97. The number of halogens is 1. The number of nitrogens with zero attached hydrogens (tertiary/aromatic N) is 1. The Labute approximate surface area is 112 Å². The van der Waals surface area contributed by atoms with Crippen LogP contribution in [0.25, 0.3) is 0 Å². The maximum absolute atomic E-state index is 12.5. The molecule has 1 N–H and O–H groups in total. The molecule has 0 saturated carbocycles. The summed E-state index contributed by atoms with van der Waals surface area (Å²) in [6.45, 7) is 2.43. The zero-order chi connectivity index (χ0) is 13.1. The van der Waals surface area contributed by atoms with Gasteiger partial charge in [-0.25, -0.2) is 0 Å². The molecule has 4 heteroatoms. The van der Waals surface area contributed by atoms with E-state index < -0.39 is 6.10 Å². The highest BCUT2D eigenvalue weighted by Gasteiger charge is 2.31. The van der Waals surface area contributed by atoms with Crippen LogP contribution < -0.4 is 0 Å². The van der Waals surface area contributed by atoms with E-state index in [9.17, 15) is 9.90 Å². The lowest BCUT2D eigenvalue weighted by Crippen LogP contribution is -2.49. The molecule has 0 aliphatic carbocycles. The van der Waals surface area contributed by atoms with Gasteiger partial charge in [0.2, 0.25) is 0 Å². The van der Waals surface area contributed by atoms with E-state index in [1.165, 1.54) is 0 Å². The summed E-state index contributed by atoms with van der Waals surface area (Å²) in [7, 11) is 0. The summed E-state index contributed by atoms with van der Waals surface area (Å²) in [5.41, 5.74) is 0.520. The van der Waals surface area contributed by atoms with Gasteiger partial charge in [0, 0.05) is 6.54 Å². The van der Waals surface area contributed by atoms with Gasteiger partial charge in [-0.1, -0.05) is 23.7 Å². The van der Waals surface area contributed by atoms with Gasteiger partial charge in [0.25, 0.3) is 5.91 Å². The van der Waals surface area contributed by atoms with Crippen molar-refractivity contribution in [2.24, 2.45) is 0 Å². The van der Waals surface area contributed by atoms with Crippen LogP contribution in [0.5, 0.6) is 0 Å². The molecule has 18 heavy (non-hydrogen) atoms. The molecule has 0 aromatic heterocycles. The van der Waals surface area contributed by atoms with Crippen molar-refractivity contribution in [2.45, 2.75) is 38.3 Å². The minimum absolute atomic E-state index is 0.0776. The van der Waals surface area contributed by atoms with E-state index in [2.05, 4.69) is 0 Å². The zero-order valence-corrected chi connectivity index (χ0v) is 11.2. The number of benzene rings is 1. The van der Waals surface area contributed by atoms with Crippen LogP contribution in [0.3, 0.4) is 0 Å². The first-order valence-electron chi connectivity index (χ1n) is 6.35. The van der Waals surface area contributed by atoms with Gasteiger partial charge >= 0.3 is 0 Å². The zero-order valence-electron chi connectivity index (χ0n) is 10.5. The summed E-state index contributed by atoms with van der Waals surface area (Å²) < 4.78 is 0. The molecular formula is C14H18ClNO2. The van der Waals surface area contributed by atoms with E-state index in [0.29, 0.717) is 17.1 Å². The van der Waals surface area contributed by atoms with Gasteiger partial charge in [-0.05, 0) is 38.3 Å². The van der Waals surface area contributed by atoms with Gasteiger partial charge in [-0.3, -0.25) is 4.79 Å². The number of carbonyl (C=O) groups is 1. The quantitative estimate of drug-likeness (QED) is 0.895. The Morgan fingerprint density at radius 1 is 1.44 bits per heavy atom. The monoisotopic (exact) mass is 267 g/mol. The third-order valence-electron chi connectivity index (χ3n) is 3.47. The number of rotatable bonds is 2. The second-order valence-electron chi connectivity index (χ2n) is 4.78. The molecule has 0 bridgehead atoms. The first kappa shape index (κ1) is 13.4. The maximum atomic E-state index is 12.5. The van der Waals surface area contributed by atoms with Gasteiger partial charge in [-0.15, -0.1) is 0 Å². The van der Waals surface area contributed by atoms with E-state index in [1.54, 1.807) is 30.0 Å². The minimum Gasteiger partial charge on any atom is -0.391 e. The van der Waals surface area contributed by atoms with Crippen LogP contribution >= 0.6 is 11.6 Å². The predicted octanol–water partition coefficient (Wildman–Crippen LogP) is 2.72. The van der Waals surface area contributed by atoms with Crippen molar-refractivity contribution in [2.75, 3.05) is 6.54 Å². The summed E-state index contributed by atoms with van der Waals surface area (Å²) in [6.07, 6.45) is 2.39. The summed E-state index contributed by atoms with van der Waals surface area (Å²) >= 11 is 6.06. The summed E-state index contributed by atoms with van der Waals surface area (Å²) in [4.78, 5) is 14.2. The van der Waals surface area contributed by atoms with Crippen LogP contribution in [-0.2, 0) is 0 Å². The fourth-order valence-corrected chi connectivity index (χ4v) is 2.72. The number of aliphatic hydroxyl groups is 1. The average Bonchev–Trinajstić information content (AvgIpc) is 2.38. The molecule has 1 aromatic carbocycles. The van der Waals surface area contributed by atoms with E-state index in [4.69, 9.17) is 11.6 Å². The molecule has 1 aliphatic heterocycles. The lowest BCUT2D eigenvalue weighted by molar-refractivity contribution is 0.0281. The van der Waals surface area contributed by atoms with Gasteiger partial charge in [0.05, 0.1) is 22.7 Å². The summed E-state index contributed by atoms with van der Waals surface area (Å²) in [5, 5.41) is 10.3. The SMILES string of the molecule is C[C@@H](O)[C@@H]1CCCCN1C(=O)c1ccccc1Cl. The molecule has 1 aromatic rings. The first-order valence-corrected chi connectivity index (χ1v) is 6.72. The predicted molar refractivity (Wildman–Crippen MR) is 71.8 cm³/mol. The van der Waals surface area contributed by atoms with Crippen molar-refractivity contribution < 1.29 is 9.90 Å². The van der Waals surface area contributed by atoms with Crippen LogP contribution in [0.4, 0.5) is 0 Å². The Hall–Kier alpha value is -1.06. The van der Waals surface area contributed by atoms with E-state index in [0.717, 1.165) is 19.3 Å².